The largest absolute Gasteiger partial charge is 0.496 e. The molecule has 0 atom stereocenters. The molecule has 0 spiro atoms. The second kappa shape index (κ2) is 11.3. The summed E-state index contributed by atoms with van der Waals surface area (Å²) in [5.74, 6) is 0.866. The molecular weight excluding hydrogens is 428 g/mol. The maximum atomic E-state index is 13.0. The van der Waals surface area contributed by atoms with Crippen molar-refractivity contribution in [2.45, 2.75) is 43.9 Å². The average Bonchev–Trinajstić information content (AvgIpc) is 2.82. The Morgan fingerprint density at radius 2 is 1.78 bits per heavy atom. The number of benzene rings is 2. The monoisotopic (exact) mass is 460 g/mol. The topological polar surface area (TPSA) is 84.9 Å². The first kappa shape index (κ1) is 24.1. The number of carbonyl (C=O) groups excluding carboxylic acids is 1. The fraction of sp³-hybridized carbons (Fsp3) is 0.458. The average molecular weight is 461 g/mol. The van der Waals surface area contributed by atoms with Crippen molar-refractivity contribution in [3.63, 3.8) is 0 Å². The third-order valence-electron chi connectivity index (χ3n) is 5.48. The highest BCUT2D eigenvalue weighted by molar-refractivity contribution is 7.89. The summed E-state index contributed by atoms with van der Waals surface area (Å²) in [5.41, 5.74) is 1.51. The molecule has 3 rings (SSSR count). The smallest absolute Gasteiger partial charge is 0.257 e. The van der Waals surface area contributed by atoms with Crippen molar-refractivity contribution in [1.29, 1.82) is 0 Å². The third kappa shape index (κ3) is 6.23. The van der Waals surface area contributed by atoms with Gasteiger partial charge in [0.25, 0.3) is 5.91 Å². The van der Waals surface area contributed by atoms with Crippen LogP contribution in [-0.4, -0.2) is 52.6 Å². The number of hydrogen-bond acceptors (Lipinski definition) is 5. The lowest BCUT2D eigenvalue weighted by Gasteiger charge is -2.27. The first-order valence-corrected chi connectivity index (χ1v) is 12.6. The zero-order valence-electron chi connectivity index (χ0n) is 18.8. The predicted molar refractivity (Wildman–Crippen MR) is 124 cm³/mol. The Morgan fingerprint density at radius 1 is 1.06 bits per heavy atom. The molecule has 8 heteroatoms. The van der Waals surface area contributed by atoms with Gasteiger partial charge in [0, 0.05) is 19.6 Å². The fourth-order valence-corrected chi connectivity index (χ4v) is 4.80. The normalized spacial score (nSPS) is 14.2. The molecule has 1 aliphatic rings. The Balaban J connectivity index is 1.62. The van der Waals surface area contributed by atoms with Crippen LogP contribution in [-0.2, 0) is 16.4 Å². The third-order valence-corrected chi connectivity index (χ3v) is 6.94. The van der Waals surface area contributed by atoms with E-state index in [1.165, 1.54) is 30.9 Å². The number of amides is 1. The number of aryl methyl sites for hydroxylation is 1. The van der Waals surface area contributed by atoms with Crippen molar-refractivity contribution in [1.82, 2.24) is 9.62 Å². The van der Waals surface area contributed by atoms with E-state index in [2.05, 4.69) is 11.6 Å². The van der Waals surface area contributed by atoms with Crippen LogP contribution in [0.4, 0.5) is 0 Å². The Kier molecular flexibility index (Phi) is 8.53. The lowest BCUT2D eigenvalue weighted by atomic mass is 10.1. The first-order valence-electron chi connectivity index (χ1n) is 11.1. The molecule has 2 aromatic rings. The molecule has 0 aromatic heterocycles. The molecule has 7 nitrogen and oxygen atoms in total. The van der Waals surface area contributed by atoms with E-state index in [1.807, 2.05) is 24.3 Å². The minimum Gasteiger partial charge on any atom is -0.496 e. The van der Waals surface area contributed by atoms with Gasteiger partial charge in [0.1, 0.15) is 18.1 Å². The zero-order valence-corrected chi connectivity index (χ0v) is 19.6. The van der Waals surface area contributed by atoms with Crippen LogP contribution in [0.1, 0.15) is 48.5 Å². The van der Waals surface area contributed by atoms with Gasteiger partial charge in [-0.15, -0.1) is 0 Å². The molecule has 1 heterocycles. The highest BCUT2D eigenvalue weighted by atomic mass is 32.2. The summed E-state index contributed by atoms with van der Waals surface area (Å²) in [6, 6.07) is 12.2. The van der Waals surface area contributed by atoms with E-state index in [0.717, 1.165) is 32.1 Å². The second-order valence-corrected chi connectivity index (χ2v) is 9.62. The van der Waals surface area contributed by atoms with E-state index >= 15 is 0 Å². The van der Waals surface area contributed by atoms with Crippen molar-refractivity contribution in [3.05, 3.63) is 53.6 Å². The van der Waals surface area contributed by atoms with Crippen molar-refractivity contribution in [2.75, 3.05) is 33.4 Å². The van der Waals surface area contributed by atoms with Crippen LogP contribution in [0.2, 0.25) is 0 Å². The number of piperidine rings is 1. The van der Waals surface area contributed by atoms with Crippen molar-refractivity contribution in [3.8, 4) is 11.5 Å². The van der Waals surface area contributed by atoms with E-state index in [4.69, 9.17) is 9.47 Å². The summed E-state index contributed by atoms with van der Waals surface area (Å²) in [6.45, 7) is 3.79. The minimum absolute atomic E-state index is 0.0302. The van der Waals surface area contributed by atoms with Gasteiger partial charge in [-0.1, -0.05) is 25.5 Å². The van der Waals surface area contributed by atoms with Gasteiger partial charge in [0.2, 0.25) is 10.0 Å². The zero-order chi connectivity index (χ0) is 23.0. The van der Waals surface area contributed by atoms with Crippen LogP contribution in [0, 0.1) is 0 Å². The number of nitrogens with zero attached hydrogens (tertiary/aromatic N) is 1. The van der Waals surface area contributed by atoms with Crippen LogP contribution in [0.15, 0.2) is 47.4 Å². The summed E-state index contributed by atoms with van der Waals surface area (Å²) in [6.07, 6.45) is 5.11. The molecule has 0 radical (unpaired) electrons. The summed E-state index contributed by atoms with van der Waals surface area (Å²) in [7, 11) is -2.32. The molecule has 1 fully saturated rings. The van der Waals surface area contributed by atoms with Gasteiger partial charge in [-0.3, -0.25) is 4.79 Å². The first-order chi connectivity index (χ1) is 15.4. The lowest BCUT2D eigenvalue weighted by molar-refractivity contribution is 0.0720. The number of hydrogen-bond donors (Lipinski definition) is 1. The molecule has 1 N–H and O–H groups in total. The Morgan fingerprint density at radius 3 is 2.44 bits per heavy atom. The van der Waals surface area contributed by atoms with Crippen molar-refractivity contribution >= 4 is 15.9 Å². The van der Waals surface area contributed by atoms with Gasteiger partial charge < -0.3 is 14.4 Å². The Bertz CT molecular complexity index is 1000. The lowest BCUT2D eigenvalue weighted by Crippen LogP contribution is -2.36. The van der Waals surface area contributed by atoms with Crippen molar-refractivity contribution < 1.29 is 22.7 Å². The van der Waals surface area contributed by atoms with Crippen LogP contribution >= 0.6 is 0 Å². The Labute approximate surface area is 190 Å². The number of carbonyl (C=O) groups is 1. The number of nitrogens with one attached hydrogen (secondary N) is 1. The fourth-order valence-electron chi connectivity index (χ4n) is 3.76. The summed E-state index contributed by atoms with van der Waals surface area (Å²) < 4.78 is 39.1. The molecule has 1 aliphatic heterocycles. The summed E-state index contributed by atoms with van der Waals surface area (Å²) >= 11 is 0. The molecule has 0 bridgehead atoms. The van der Waals surface area contributed by atoms with E-state index in [9.17, 15) is 13.2 Å². The molecule has 32 heavy (non-hydrogen) atoms. The maximum Gasteiger partial charge on any atom is 0.257 e. The Hall–Kier alpha value is -2.58. The predicted octanol–water partition coefficient (Wildman–Crippen LogP) is 3.63. The number of sulfonamides is 1. The molecule has 1 amide bonds. The number of likely N-dealkylation sites (tertiary alicyclic amines) is 1. The van der Waals surface area contributed by atoms with Gasteiger partial charge in [-0.05, 0) is 61.6 Å². The molecule has 0 aliphatic carbocycles. The van der Waals surface area contributed by atoms with Gasteiger partial charge in [0.15, 0.2) is 0 Å². The summed E-state index contributed by atoms with van der Waals surface area (Å²) in [5, 5.41) is 0. The van der Waals surface area contributed by atoms with Crippen LogP contribution in [0.3, 0.4) is 0 Å². The highest BCUT2D eigenvalue weighted by Gasteiger charge is 2.24. The minimum atomic E-state index is -3.80. The highest BCUT2D eigenvalue weighted by Crippen LogP contribution is 2.25. The molecule has 2 aromatic carbocycles. The van der Waals surface area contributed by atoms with Crippen LogP contribution < -0.4 is 14.2 Å². The molecule has 0 saturated carbocycles. The number of methoxy groups -OCH3 is 1. The second-order valence-electron chi connectivity index (χ2n) is 7.86. The van der Waals surface area contributed by atoms with Gasteiger partial charge in [-0.2, -0.15) is 0 Å². The number of rotatable bonds is 10. The van der Waals surface area contributed by atoms with Gasteiger partial charge in [-0.25, -0.2) is 13.1 Å². The quantitative estimate of drug-likeness (QED) is 0.547. The van der Waals surface area contributed by atoms with E-state index < -0.39 is 10.0 Å². The summed E-state index contributed by atoms with van der Waals surface area (Å²) in [4.78, 5) is 14.7. The molecule has 0 unspecified atom stereocenters. The maximum absolute atomic E-state index is 13.0. The van der Waals surface area contributed by atoms with Crippen LogP contribution in [0.25, 0.3) is 0 Å². The van der Waals surface area contributed by atoms with Crippen LogP contribution in [0.5, 0.6) is 11.5 Å². The number of ether oxygens (including phenoxy) is 2. The van der Waals surface area contributed by atoms with Gasteiger partial charge >= 0.3 is 0 Å². The standard InChI is InChI=1S/C24H32N2O5S/c1-3-7-19-8-10-20(11-9-19)31-17-14-25-32(28,29)21-12-13-23(30-2)22(18-21)24(27)26-15-5-4-6-16-26/h8-13,18,25H,3-7,14-17H2,1-2H3. The molecular formula is C24H32N2O5S. The van der Waals surface area contributed by atoms with E-state index in [1.54, 1.807) is 4.90 Å². The molecule has 174 valence electrons. The van der Waals surface area contributed by atoms with E-state index in [0.29, 0.717) is 24.6 Å². The SMILES string of the molecule is CCCc1ccc(OCCNS(=O)(=O)c2ccc(OC)c(C(=O)N3CCCCC3)c2)cc1. The molecule has 1 saturated heterocycles. The van der Waals surface area contributed by atoms with Gasteiger partial charge in [0.05, 0.1) is 17.6 Å². The van der Waals surface area contributed by atoms with Crippen molar-refractivity contribution in [2.24, 2.45) is 0 Å². The van der Waals surface area contributed by atoms with E-state index in [-0.39, 0.29) is 29.5 Å².